The lowest BCUT2D eigenvalue weighted by Crippen LogP contribution is -2.22. The normalized spacial score (nSPS) is 18.2. The van der Waals surface area contributed by atoms with Gasteiger partial charge in [0.05, 0.1) is 17.4 Å². The van der Waals surface area contributed by atoms with Crippen molar-refractivity contribution >= 4 is 17.3 Å². The summed E-state index contributed by atoms with van der Waals surface area (Å²) in [5.41, 5.74) is 4.69. The molecule has 1 amide bonds. The summed E-state index contributed by atoms with van der Waals surface area (Å²) in [5.74, 6) is 0.590. The highest BCUT2D eigenvalue weighted by Crippen LogP contribution is 2.39. The average Bonchev–Trinajstić information content (AvgIpc) is 3.18. The number of benzene rings is 1. The molecule has 5 heteroatoms. The van der Waals surface area contributed by atoms with Gasteiger partial charge in [-0.05, 0) is 70.1 Å². The molecule has 2 fully saturated rings. The molecule has 26 heavy (non-hydrogen) atoms. The SMILES string of the molecule is Cc1cccc(N2CCCC2)c1NC(=O)c1cc(C)n(C(C)C2CC2)n1. The first-order valence-electron chi connectivity index (χ1n) is 9.76. The Kier molecular flexibility index (Phi) is 4.47. The van der Waals surface area contributed by atoms with Crippen LogP contribution in [-0.4, -0.2) is 28.8 Å². The molecule has 1 unspecified atom stereocenters. The second kappa shape index (κ2) is 6.78. The van der Waals surface area contributed by atoms with Crippen LogP contribution in [0.25, 0.3) is 0 Å². The molecular formula is C21H28N4O. The van der Waals surface area contributed by atoms with Gasteiger partial charge in [-0.2, -0.15) is 5.10 Å². The number of aryl methyl sites for hydroxylation is 2. The van der Waals surface area contributed by atoms with Crippen LogP contribution in [0.5, 0.6) is 0 Å². The summed E-state index contributed by atoms with van der Waals surface area (Å²) in [5, 5.41) is 7.75. The van der Waals surface area contributed by atoms with Crippen molar-refractivity contribution in [3.63, 3.8) is 0 Å². The van der Waals surface area contributed by atoms with Gasteiger partial charge in [0.25, 0.3) is 5.91 Å². The van der Waals surface area contributed by atoms with E-state index in [9.17, 15) is 4.79 Å². The molecule has 2 heterocycles. The maximum atomic E-state index is 12.9. The van der Waals surface area contributed by atoms with Gasteiger partial charge in [0.15, 0.2) is 5.69 Å². The molecule has 1 aromatic carbocycles. The molecule has 1 saturated heterocycles. The van der Waals surface area contributed by atoms with Gasteiger partial charge >= 0.3 is 0 Å². The molecule has 1 aromatic heterocycles. The summed E-state index contributed by atoms with van der Waals surface area (Å²) in [6.45, 7) is 8.39. The van der Waals surface area contributed by atoms with Crippen molar-refractivity contribution in [2.75, 3.05) is 23.3 Å². The van der Waals surface area contributed by atoms with Gasteiger partial charge in [-0.1, -0.05) is 12.1 Å². The fourth-order valence-electron chi connectivity index (χ4n) is 4.00. The Morgan fingerprint density at radius 3 is 2.65 bits per heavy atom. The number of hydrogen-bond acceptors (Lipinski definition) is 3. The Bertz CT molecular complexity index is 815. The largest absolute Gasteiger partial charge is 0.370 e. The number of para-hydroxylation sites is 1. The zero-order valence-corrected chi connectivity index (χ0v) is 16.0. The first kappa shape index (κ1) is 17.1. The second-order valence-corrected chi connectivity index (χ2v) is 7.81. The van der Waals surface area contributed by atoms with E-state index >= 15 is 0 Å². The Labute approximate surface area is 155 Å². The average molecular weight is 352 g/mol. The molecule has 4 rings (SSSR count). The van der Waals surface area contributed by atoms with Crippen molar-refractivity contribution < 1.29 is 4.79 Å². The van der Waals surface area contributed by atoms with Gasteiger partial charge in [0.1, 0.15) is 0 Å². The van der Waals surface area contributed by atoms with Gasteiger partial charge in [-0.3, -0.25) is 9.48 Å². The second-order valence-electron chi connectivity index (χ2n) is 7.81. The lowest BCUT2D eigenvalue weighted by atomic mass is 10.1. The van der Waals surface area contributed by atoms with Crippen LogP contribution in [0.1, 0.15) is 60.4 Å². The third kappa shape index (κ3) is 3.22. The van der Waals surface area contributed by atoms with E-state index in [1.165, 1.54) is 25.7 Å². The Hall–Kier alpha value is -2.30. The number of aromatic nitrogens is 2. The van der Waals surface area contributed by atoms with Crippen LogP contribution >= 0.6 is 0 Å². The minimum Gasteiger partial charge on any atom is -0.370 e. The first-order valence-corrected chi connectivity index (χ1v) is 9.76. The molecule has 0 radical (unpaired) electrons. The van der Waals surface area contributed by atoms with Crippen molar-refractivity contribution in [3.8, 4) is 0 Å². The van der Waals surface area contributed by atoms with Gasteiger partial charge in [-0.15, -0.1) is 0 Å². The number of anilines is 2. The lowest BCUT2D eigenvalue weighted by Gasteiger charge is -2.22. The molecule has 0 spiro atoms. The topological polar surface area (TPSA) is 50.2 Å². The van der Waals surface area contributed by atoms with Crippen molar-refractivity contribution in [1.82, 2.24) is 9.78 Å². The van der Waals surface area contributed by atoms with Crippen molar-refractivity contribution in [2.45, 2.75) is 52.5 Å². The molecule has 2 aliphatic rings. The Morgan fingerprint density at radius 2 is 1.96 bits per heavy atom. The number of nitrogens with zero attached hydrogens (tertiary/aromatic N) is 3. The Balaban J connectivity index is 1.58. The summed E-state index contributed by atoms with van der Waals surface area (Å²) in [6, 6.07) is 8.49. The van der Waals surface area contributed by atoms with Crippen LogP contribution < -0.4 is 10.2 Å². The highest BCUT2D eigenvalue weighted by molar-refractivity contribution is 6.05. The molecule has 1 saturated carbocycles. The van der Waals surface area contributed by atoms with Gasteiger partial charge in [0, 0.05) is 18.8 Å². The highest BCUT2D eigenvalue weighted by Gasteiger charge is 2.31. The summed E-state index contributed by atoms with van der Waals surface area (Å²) in [6.07, 6.45) is 4.96. The molecular weight excluding hydrogens is 324 g/mol. The van der Waals surface area contributed by atoms with E-state index in [0.29, 0.717) is 17.7 Å². The third-order valence-corrected chi connectivity index (χ3v) is 5.78. The number of rotatable bonds is 5. The molecule has 1 atom stereocenters. The number of amides is 1. The monoisotopic (exact) mass is 352 g/mol. The maximum Gasteiger partial charge on any atom is 0.276 e. The quantitative estimate of drug-likeness (QED) is 0.872. The van der Waals surface area contributed by atoms with E-state index in [1.54, 1.807) is 0 Å². The first-order chi connectivity index (χ1) is 12.5. The summed E-state index contributed by atoms with van der Waals surface area (Å²) < 4.78 is 2.02. The fraction of sp³-hybridized carbons (Fsp3) is 0.524. The minimum absolute atomic E-state index is 0.121. The number of carbonyl (C=O) groups is 1. The number of nitrogens with one attached hydrogen (secondary N) is 1. The highest BCUT2D eigenvalue weighted by atomic mass is 16.2. The van der Waals surface area contributed by atoms with Crippen LogP contribution in [0.15, 0.2) is 24.3 Å². The van der Waals surface area contributed by atoms with Crippen molar-refractivity contribution in [1.29, 1.82) is 0 Å². The van der Waals surface area contributed by atoms with E-state index < -0.39 is 0 Å². The third-order valence-electron chi connectivity index (χ3n) is 5.78. The summed E-state index contributed by atoms with van der Waals surface area (Å²) in [4.78, 5) is 15.3. The van der Waals surface area contributed by atoms with Gasteiger partial charge in [0.2, 0.25) is 0 Å². The van der Waals surface area contributed by atoms with E-state index in [4.69, 9.17) is 0 Å². The van der Waals surface area contributed by atoms with Crippen molar-refractivity contribution in [2.24, 2.45) is 5.92 Å². The molecule has 1 aliphatic heterocycles. The molecule has 1 N–H and O–H groups in total. The van der Waals surface area contributed by atoms with Gasteiger partial charge in [-0.25, -0.2) is 0 Å². The van der Waals surface area contributed by atoms with Crippen LogP contribution in [0.4, 0.5) is 11.4 Å². The molecule has 1 aliphatic carbocycles. The van der Waals surface area contributed by atoms with E-state index in [0.717, 1.165) is 35.7 Å². The van der Waals surface area contributed by atoms with Crippen LogP contribution in [0, 0.1) is 19.8 Å². The smallest absolute Gasteiger partial charge is 0.276 e. The van der Waals surface area contributed by atoms with Gasteiger partial charge < -0.3 is 10.2 Å². The Morgan fingerprint density at radius 1 is 1.23 bits per heavy atom. The van der Waals surface area contributed by atoms with Crippen LogP contribution in [0.2, 0.25) is 0 Å². The summed E-state index contributed by atoms with van der Waals surface area (Å²) >= 11 is 0. The predicted molar refractivity (Wildman–Crippen MR) is 105 cm³/mol. The van der Waals surface area contributed by atoms with E-state index in [1.807, 2.05) is 30.7 Å². The molecule has 138 valence electrons. The zero-order chi connectivity index (χ0) is 18.3. The number of hydrogen-bond donors (Lipinski definition) is 1. The molecule has 2 aromatic rings. The van der Waals surface area contributed by atoms with Crippen LogP contribution in [-0.2, 0) is 0 Å². The molecule has 0 bridgehead atoms. The fourth-order valence-corrected chi connectivity index (χ4v) is 4.00. The van der Waals surface area contributed by atoms with Crippen molar-refractivity contribution in [3.05, 3.63) is 41.2 Å². The number of carbonyl (C=O) groups excluding carboxylic acids is 1. The minimum atomic E-state index is -0.121. The maximum absolute atomic E-state index is 12.9. The zero-order valence-electron chi connectivity index (χ0n) is 16.0. The van der Waals surface area contributed by atoms with Crippen LogP contribution in [0.3, 0.4) is 0 Å². The lowest BCUT2D eigenvalue weighted by molar-refractivity contribution is 0.102. The summed E-state index contributed by atoms with van der Waals surface area (Å²) in [7, 11) is 0. The van der Waals surface area contributed by atoms with E-state index in [-0.39, 0.29) is 5.91 Å². The van der Waals surface area contributed by atoms with E-state index in [2.05, 4.69) is 34.4 Å². The standard InChI is InChI=1S/C21H28N4O/c1-14-7-6-8-19(24-11-4-5-12-24)20(14)22-21(26)18-13-15(2)25(23-18)16(3)17-9-10-17/h6-8,13,16-17H,4-5,9-12H2,1-3H3,(H,22,26). The predicted octanol–water partition coefficient (Wildman–Crippen LogP) is 4.32. The molecule has 5 nitrogen and oxygen atoms in total.